The van der Waals surface area contributed by atoms with Crippen LogP contribution in [0.25, 0.3) is 11.1 Å². The van der Waals surface area contributed by atoms with Gasteiger partial charge in [0.25, 0.3) is 0 Å². The molecule has 0 bridgehead atoms. The lowest BCUT2D eigenvalue weighted by atomic mass is 10.1. The molecule has 0 spiro atoms. The van der Waals surface area contributed by atoms with Crippen molar-refractivity contribution in [3.05, 3.63) is 158 Å². The summed E-state index contributed by atoms with van der Waals surface area (Å²) in [4.78, 5) is 13.9. The summed E-state index contributed by atoms with van der Waals surface area (Å²) in [6.45, 7) is 0. The minimum Gasteiger partial charge on any atom is -0.295 e. The first-order valence-corrected chi connectivity index (χ1v) is 12.6. The standard InChI is InChI=1S/C34H26N4/c1-5-13-29(14-6-1)37(30-15-7-2-8-16-30)33-25-27(21-23-35-33)28-22-24-36-34(26-28)38(31-17-9-3-10-18-31)32-19-11-4-12-20-32/h1-26H. The Balaban J connectivity index is 1.43. The predicted molar refractivity (Wildman–Crippen MR) is 157 cm³/mol. The third-order valence-electron chi connectivity index (χ3n) is 6.34. The van der Waals surface area contributed by atoms with E-state index in [9.17, 15) is 0 Å². The minimum atomic E-state index is 0.848. The summed E-state index contributed by atoms with van der Waals surface area (Å²) in [5.74, 6) is 1.70. The van der Waals surface area contributed by atoms with Gasteiger partial charge in [-0.2, -0.15) is 0 Å². The van der Waals surface area contributed by atoms with Crippen LogP contribution in [0.5, 0.6) is 0 Å². The zero-order valence-electron chi connectivity index (χ0n) is 20.8. The van der Waals surface area contributed by atoms with Gasteiger partial charge in [0.15, 0.2) is 0 Å². The molecule has 182 valence electrons. The number of hydrogen-bond acceptors (Lipinski definition) is 4. The van der Waals surface area contributed by atoms with E-state index in [0.29, 0.717) is 0 Å². The Kier molecular flexibility index (Phi) is 6.60. The van der Waals surface area contributed by atoms with Crippen LogP contribution in [0.2, 0.25) is 0 Å². The molecule has 0 saturated heterocycles. The summed E-state index contributed by atoms with van der Waals surface area (Å²) in [5.41, 5.74) is 6.35. The predicted octanol–water partition coefficient (Wildman–Crippen LogP) is 9.08. The van der Waals surface area contributed by atoms with Crippen LogP contribution < -0.4 is 9.80 Å². The number of nitrogens with zero attached hydrogens (tertiary/aromatic N) is 4. The second kappa shape index (κ2) is 10.8. The fourth-order valence-corrected chi connectivity index (χ4v) is 4.58. The molecule has 0 aliphatic heterocycles. The number of hydrogen-bond donors (Lipinski definition) is 0. The molecule has 6 aromatic rings. The van der Waals surface area contributed by atoms with Crippen molar-refractivity contribution in [2.24, 2.45) is 0 Å². The lowest BCUT2D eigenvalue weighted by molar-refractivity contribution is 1.17. The van der Waals surface area contributed by atoms with E-state index >= 15 is 0 Å². The molecular weight excluding hydrogens is 464 g/mol. The van der Waals surface area contributed by atoms with Gasteiger partial charge in [-0.05, 0) is 83.9 Å². The van der Waals surface area contributed by atoms with Crippen molar-refractivity contribution in [3.8, 4) is 11.1 Å². The van der Waals surface area contributed by atoms with E-state index in [1.807, 2.05) is 97.3 Å². The maximum absolute atomic E-state index is 4.77. The van der Waals surface area contributed by atoms with Crippen molar-refractivity contribution in [2.75, 3.05) is 9.80 Å². The summed E-state index contributed by atoms with van der Waals surface area (Å²) in [6, 6.07) is 49.7. The number of anilines is 6. The van der Waals surface area contributed by atoms with Gasteiger partial charge >= 0.3 is 0 Å². The highest BCUT2D eigenvalue weighted by molar-refractivity contribution is 5.80. The highest BCUT2D eigenvalue weighted by Gasteiger charge is 2.16. The van der Waals surface area contributed by atoms with E-state index in [-0.39, 0.29) is 0 Å². The average molecular weight is 491 g/mol. The summed E-state index contributed by atoms with van der Waals surface area (Å²) in [7, 11) is 0. The number of rotatable bonds is 7. The average Bonchev–Trinajstić information content (AvgIpc) is 3.00. The zero-order valence-corrected chi connectivity index (χ0v) is 20.8. The molecule has 4 nitrogen and oxygen atoms in total. The van der Waals surface area contributed by atoms with Gasteiger partial charge in [-0.25, -0.2) is 9.97 Å². The van der Waals surface area contributed by atoms with E-state index in [4.69, 9.17) is 9.97 Å². The number of pyridine rings is 2. The number of benzene rings is 4. The normalized spacial score (nSPS) is 10.6. The molecule has 0 radical (unpaired) electrons. The molecule has 4 aromatic carbocycles. The molecule has 0 aliphatic rings. The third-order valence-corrected chi connectivity index (χ3v) is 6.34. The van der Waals surface area contributed by atoms with Crippen LogP contribution in [-0.2, 0) is 0 Å². The SMILES string of the molecule is c1ccc(N(c2ccccc2)c2cc(-c3ccnc(N(c4ccccc4)c4ccccc4)c3)ccn2)cc1. The summed E-state index contributed by atoms with van der Waals surface area (Å²) < 4.78 is 0. The largest absolute Gasteiger partial charge is 0.295 e. The Bertz CT molecular complexity index is 1400. The molecule has 0 fully saturated rings. The molecule has 0 amide bonds. The van der Waals surface area contributed by atoms with Gasteiger partial charge in [-0.3, -0.25) is 9.80 Å². The first-order valence-electron chi connectivity index (χ1n) is 12.6. The van der Waals surface area contributed by atoms with Gasteiger partial charge in [0.1, 0.15) is 11.6 Å². The highest BCUT2D eigenvalue weighted by Crippen LogP contribution is 2.37. The lowest BCUT2D eigenvalue weighted by Gasteiger charge is -2.25. The van der Waals surface area contributed by atoms with E-state index in [2.05, 4.69) is 70.5 Å². The smallest absolute Gasteiger partial charge is 0.138 e. The van der Waals surface area contributed by atoms with Gasteiger partial charge in [-0.15, -0.1) is 0 Å². The van der Waals surface area contributed by atoms with E-state index < -0.39 is 0 Å². The van der Waals surface area contributed by atoms with Crippen LogP contribution in [-0.4, -0.2) is 9.97 Å². The minimum absolute atomic E-state index is 0.848. The highest BCUT2D eigenvalue weighted by atomic mass is 15.2. The van der Waals surface area contributed by atoms with Crippen molar-refractivity contribution in [2.45, 2.75) is 0 Å². The summed E-state index contributed by atoms with van der Waals surface area (Å²) in [5, 5.41) is 0. The molecular formula is C34H26N4. The van der Waals surface area contributed by atoms with Gasteiger partial charge < -0.3 is 0 Å². The van der Waals surface area contributed by atoms with Crippen LogP contribution in [0.4, 0.5) is 34.4 Å². The molecule has 2 aromatic heterocycles. The lowest BCUT2D eigenvalue weighted by Crippen LogP contribution is -2.12. The van der Waals surface area contributed by atoms with Gasteiger partial charge in [-0.1, -0.05) is 72.8 Å². The Morgan fingerprint density at radius 2 is 0.632 bits per heavy atom. The van der Waals surface area contributed by atoms with Crippen LogP contribution in [0, 0.1) is 0 Å². The van der Waals surface area contributed by atoms with Crippen molar-refractivity contribution >= 4 is 34.4 Å². The first-order chi connectivity index (χ1) is 18.9. The Labute approximate surface area is 223 Å². The molecule has 0 aliphatic carbocycles. The molecule has 6 rings (SSSR count). The van der Waals surface area contributed by atoms with Crippen LogP contribution in [0.1, 0.15) is 0 Å². The third kappa shape index (κ3) is 4.88. The quantitative estimate of drug-likeness (QED) is 0.223. The van der Waals surface area contributed by atoms with Crippen molar-refractivity contribution in [1.29, 1.82) is 0 Å². The number of para-hydroxylation sites is 4. The fraction of sp³-hybridized carbons (Fsp3) is 0. The second-order valence-electron chi connectivity index (χ2n) is 8.82. The Hall–Kier alpha value is -5.22. The van der Waals surface area contributed by atoms with E-state index in [1.165, 1.54) is 0 Å². The number of aromatic nitrogens is 2. The molecule has 0 saturated carbocycles. The molecule has 0 atom stereocenters. The molecule has 0 N–H and O–H groups in total. The van der Waals surface area contributed by atoms with Crippen molar-refractivity contribution in [3.63, 3.8) is 0 Å². The Morgan fingerprint density at radius 1 is 0.342 bits per heavy atom. The molecule has 0 unspecified atom stereocenters. The van der Waals surface area contributed by atoms with Crippen molar-refractivity contribution < 1.29 is 0 Å². The van der Waals surface area contributed by atoms with Gasteiger partial charge in [0, 0.05) is 35.1 Å². The maximum atomic E-state index is 4.77. The van der Waals surface area contributed by atoms with Crippen LogP contribution >= 0.6 is 0 Å². The molecule has 2 heterocycles. The monoisotopic (exact) mass is 490 g/mol. The van der Waals surface area contributed by atoms with Crippen LogP contribution in [0.15, 0.2) is 158 Å². The van der Waals surface area contributed by atoms with E-state index in [0.717, 1.165) is 45.5 Å². The second-order valence-corrected chi connectivity index (χ2v) is 8.82. The topological polar surface area (TPSA) is 32.3 Å². The molecule has 4 heteroatoms. The Morgan fingerprint density at radius 3 is 0.921 bits per heavy atom. The summed E-state index contributed by atoms with van der Waals surface area (Å²) >= 11 is 0. The van der Waals surface area contributed by atoms with Gasteiger partial charge in [0.2, 0.25) is 0 Å². The fourth-order valence-electron chi connectivity index (χ4n) is 4.58. The van der Waals surface area contributed by atoms with E-state index in [1.54, 1.807) is 0 Å². The zero-order chi connectivity index (χ0) is 25.6. The maximum Gasteiger partial charge on any atom is 0.138 e. The van der Waals surface area contributed by atoms with Crippen LogP contribution in [0.3, 0.4) is 0 Å². The first kappa shape index (κ1) is 23.2. The summed E-state index contributed by atoms with van der Waals surface area (Å²) in [6.07, 6.45) is 3.74. The van der Waals surface area contributed by atoms with Gasteiger partial charge in [0.05, 0.1) is 0 Å². The molecule has 38 heavy (non-hydrogen) atoms. The van der Waals surface area contributed by atoms with Crippen molar-refractivity contribution in [1.82, 2.24) is 9.97 Å².